The van der Waals surface area contributed by atoms with E-state index in [1.165, 1.54) is 53.0 Å². The molecule has 0 fully saturated rings. The molecule has 2 heterocycles. The topological polar surface area (TPSA) is 88.5 Å². The fourth-order valence-electron chi connectivity index (χ4n) is 2.00. The first-order valence-corrected chi connectivity index (χ1v) is 8.21. The Kier molecular flexibility index (Phi) is 7.70. The van der Waals surface area contributed by atoms with Crippen LogP contribution in [0.4, 0.5) is 4.39 Å². The zero-order chi connectivity index (χ0) is 20.5. The molecule has 1 aromatic carbocycles. The molecule has 0 aliphatic heterocycles. The SMILES string of the molecule is COc1cnc(-c2ccc(F)cc2)nc1OC.COc1cnc(Cl)nc1OC. The molecule has 0 saturated heterocycles. The molecule has 3 aromatic rings. The molecule has 8 nitrogen and oxygen atoms in total. The molecule has 2 aromatic heterocycles. The van der Waals surface area contributed by atoms with Gasteiger partial charge in [0.2, 0.25) is 5.28 Å². The Morgan fingerprint density at radius 3 is 1.82 bits per heavy atom. The van der Waals surface area contributed by atoms with Gasteiger partial charge < -0.3 is 18.9 Å². The Bertz CT molecular complexity index is 913. The molecule has 0 N–H and O–H groups in total. The number of hydrogen-bond donors (Lipinski definition) is 0. The predicted molar refractivity (Wildman–Crippen MR) is 101 cm³/mol. The van der Waals surface area contributed by atoms with Crippen LogP contribution in [-0.4, -0.2) is 48.4 Å². The van der Waals surface area contributed by atoms with Gasteiger partial charge >= 0.3 is 0 Å². The predicted octanol–water partition coefficient (Wildman–Crippen LogP) is 3.45. The van der Waals surface area contributed by atoms with Crippen LogP contribution in [0.2, 0.25) is 5.28 Å². The lowest BCUT2D eigenvalue weighted by Gasteiger charge is -2.07. The zero-order valence-electron chi connectivity index (χ0n) is 15.6. The first-order valence-electron chi connectivity index (χ1n) is 7.83. The molecule has 0 spiro atoms. The molecular formula is C18H18ClFN4O4. The third kappa shape index (κ3) is 5.40. The normalized spacial score (nSPS) is 9.79. The first kappa shape index (κ1) is 21.1. The van der Waals surface area contributed by atoms with Crippen molar-refractivity contribution in [2.45, 2.75) is 0 Å². The maximum absolute atomic E-state index is 12.8. The Hall–Kier alpha value is -3.20. The van der Waals surface area contributed by atoms with Crippen molar-refractivity contribution < 1.29 is 23.3 Å². The van der Waals surface area contributed by atoms with Crippen LogP contribution in [0.3, 0.4) is 0 Å². The van der Waals surface area contributed by atoms with Gasteiger partial charge in [-0.1, -0.05) is 0 Å². The van der Waals surface area contributed by atoms with E-state index in [1.54, 1.807) is 12.1 Å². The van der Waals surface area contributed by atoms with E-state index >= 15 is 0 Å². The van der Waals surface area contributed by atoms with Gasteiger partial charge in [0, 0.05) is 5.56 Å². The second-order valence-electron chi connectivity index (χ2n) is 4.99. The van der Waals surface area contributed by atoms with Crippen LogP contribution in [0, 0.1) is 5.82 Å². The molecule has 0 radical (unpaired) electrons. The zero-order valence-corrected chi connectivity index (χ0v) is 16.4. The van der Waals surface area contributed by atoms with Gasteiger partial charge in [-0.2, -0.15) is 9.97 Å². The van der Waals surface area contributed by atoms with Crippen molar-refractivity contribution >= 4 is 11.6 Å². The maximum Gasteiger partial charge on any atom is 0.261 e. The largest absolute Gasteiger partial charge is 0.490 e. The molecule has 28 heavy (non-hydrogen) atoms. The van der Waals surface area contributed by atoms with E-state index in [0.717, 1.165) is 0 Å². The molecule has 0 aliphatic carbocycles. The number of hydrogen-bond acceptors (Lipinski definition) is 8. The summed E-state index contributed by atoms with van der Waals surface area (Å²) in [5.74, 6) is 1.78. The molecule has 0 aliphatic rings. The third-order valence-corrected chi connectivity index (χ3v) is 3.53. The van der Waals surface area contributed by atoms with Crippen LogP contribution in [0.1, 0.15) is 0 Å². The molecule has 0 saturated carbocycles. The average Bonchev–Trinajstić information content (AvgIpc) is 2.74. The third-order valence-electron chi connectivity index (χ3n) is 3.34. The quantitative estimate of drug-likeness (QED) is 0.593. The summed E-state index contributed by atoms with van der Waals surface area (Å²) in [4.78, 5) is 15.8. The highest BCUT2D eigenvalue weighted by molar-refractivity contribution is 6.28. The summed E-state index contributed by atoms with van der Waals surface area (Å²) in [6.45, 7) is 0. The van der Waals surface area contributed by atoms with Crippen LogP contribution < -0.4 is 18.9 Å². The molecule has 3 rings (SSSR count). The van der Waals surface area contributed by atoms with E-state index in [2.05, 4.69) is 19.9 Å². The fourth-order valence-corrected chi connectivity index (χ4v) is 2.13. The van der Waals surface area contributed by atoms with Crippen LogP contribution in [0.25, 0.3) is 11.4 Å². The number of aromatic nitrogens is 4. The van der Waals surface area contributed by atoms with E-state index in [0.29, 0.717) is 34.6 Å². The van der Waals surface area contributed by atoms with Gasteiger partial charge in [-0.25, -0.2) is 14.4 Å². The van der Waals surface area contributed by atoms with Crippen molar-refractivity contribution in [2.75, 3.05) is 28.4 Å². The van der Waals surface area contributed by atoms with Gasteiger partial charge in [-0.15, -0.1) is 0 Å². The standard InChI is InChI=1S/C12H11FN2O2.C6H7ClN2O2/c1-16-10-7-14-11(15-12(10)17-2)8-3-5-9(13)6-4-8;1-10-4-3-8-6(7)9-5(4)11-2/h3-7H,1-2H3;3H,1-2H3. The van der Waals surface area contributed by atoms with Gasteiger partial charge in [0.1, 0.15) is 5.82 Å². The van der Waals surface area contributed by atoms with Gasteiger partial charge in [0.25, 0.3) is 11.8 Å². The second-order valence-corrected chi connectivity index (χ2v) is 5.33. The Morgan fingerprint density at radius 2 is 1.29 bits per heavy atom. The number of rotatable bonds is 5. The number of benzene rings is 1. The monoisotopic (exact) mass is 408 g/mol. The average molecular weight is 409 g/mol. The number of halogens is 2. The van der Waals surface area contributed by atoms with E-state index in [-0.39, 0.29) is 11.1 Å². The summed E-state index contributed by atoms with van der Waals surface area (Å²) < 4.78 is 32.6. The van der Waals surface area contributed by atoms with Crippen LogP contribution in [-0.2, 0) is 0 Å². The summed E-state index contributed by atoms with van der Waals surface area (Å²) in [6.07, 6.45) is 2.97. The minimum absolute atomic E-state index is 0.141. The maximum atomic E-state index is 12.8. The van der Waals surface area contributed by atoms with Crippen LogP contribution in [0.15, 0.2) is 36.7 Å². The van der Waals surface area contributed by atoms with E-state index in [1.807, 2.05) is 0 Å². The lowest BCUT2D eigenvalue weighted by molar-refractivity contribution is 0.341. The van der Waals surface area contributed by atoms with E-state index in [4.69, 9.17) is 30.5 Å². The summed E-state index contributed by atoms with van der Waals surface area (Å²) in [5.41, 5.74) is 0.715. The minimum atomic E-state index is -0.297. The van der Waals surface area contributed by atoms with Gasteiger partial charge in [-0.3, -0.25) is 0 Å². The van der Waals surface area contributed by atoms with Gasteiger partial charge in [0.15, 0.2) is 17.3 Å². The van der Waals surface area contributed by atoms with Crippen molar-refractivity contribution in [3.63, 3.8) is 0 Å². The number of ether oxygens (including phenoxy) is 4. The molecule has 0 bridgehead atoms. The van der Waals surface area contributed by atoms with Crippen molar-refractivity contribution in [3.8, 4) is 34.6 Å². The molecule has 0 amide bonds. The van der Waals surface area contributed by atoms with Crippen molar-refractivity contribution in [3.05, 3.63) is 47.8 Å². The lowest BCUT2D eigenvalue weighted by atomic mass is 10.2. The van der Waals surface area contributed by atoms with Crippen LogP contribution >= 0.6 is 11.6 Å². The molecular weight excluding hydrogens is 391 g/mol. The Labute approximate surface area is 166 Å². The number of nitrogens with zero attached hydrogens (tertiary/aromatic N) is 4. The van der Waals surface area contributed by atoms with Crippen molar-refractivity contribution in [2.24, 2.45) is 0 Å². The molecule has 0 unspecified atom stereocenters. The van der Waals surface area contributed by atoms with Crippen molar-refractivity contribution in [1.29, 1.82) is 0 Å². The Balaban J connectivity index is 0.000000221. The second kappa shape index (κ2) is 10.2. The highest BCUT2D eigenvalue weighted by Gasteiger charge is 2.09. The highest BCUT2D eigenvalue weighted by Crippen LogP contribution is 2.26. The van der Waals surface area contributed by atoms with Gasteiger partial charge in [0.05, 0.1) is 40.8 Å². The van der Waals surface area contributed by atoms with Crippen molar-refractivity contribution in [1.82, 2.24) is 19.9 Å². The molecule has 148 valence electrons. The van der Waals surface area contributed by atoms with Gasteiger partial charge in [-0.05, 0) is 35.9 Å². The van der Waals surface area contributed by atoms with E-state index in [9.17, 15) is 4.39 Å². The first-order chi connectivity index (χ1) is 13.5. The summed E-state index contributed by atoms with van der Waals surface area (Å²) in [5, 5.41) is 0.141. The summed E-state index contributed by atoms with van der Waals surface area (Å²) in [7, 11) is 6.01. The van der Waals surface area contributed by atoms with E-state index < -0.39 is 0 Å². The minimum Gasteiger partial charge on any atom is -0.490 e. The fraction of sp³-hybridized carbons (Fsp3) is 0.222. The summed E-state index contributed by atoms with van der Waals surface area (Å²) >= 11 is 5.49. The summed E-state index contributed by atoms with van der Waals surface area (Å²) in [6, 6.07) is 5.93. The highest BCUT2D eigenvalue weighted by atomic mass is 35.5. The smallest absolute Gasteiger partial charge is 0.261 e. The Morgan fingerprint density at radius 1 is 0.750 bits per heavy atom. The van der Waals surface area contributed by atoms with Crippen LogP contribution in [0.5, 0.6) is 23.3 Å². The molecule has 0 atom stereocenters. The lowest BCUT2D eigenvalue weighted by Crippen LogP contribution is -1.97. The molecule has 10 heteroatoms. The number of methoxy groups -OCH3 is 4.